The van der Waals surface area contributed by atoms with Gasteiger partial charge in [-0.25, -0.2) is 0 Å². The van der Waals surface area contributed by atoms with Crippen LogP contribution in [0, 0.1) is 0 Å². The molecule has 5 nitrogen and oxygen atoms in total. The molecule has 0 heterocycles. The summed E-state index contributed by atoms with van der Waals surface area (Å²) < 4.78 is 39.1. The average molecular weight is 400 g/mol. The number of carbonyl (C=O) groups excluding carboxylic acids is 2. The van der Waals surface area contributed by atoms with Gasteiger partial charge in [0.15, 0.2) is 0 Å². The Morgan fingerprint density at radius 2 is 1.70 bits per heavy atom. The molecule has 0 aliphatic rings. The minimum atomic E-state index is -4.56. The number of amides is 2. The molecule has 2 aromatic rings. The van der Waals surface area contributed by atoms with Crippen LogP contribution in [0.2, 0.25) is 5.02 Å². The fourth-order valence-corrected chi connectivity index (χ4v) is 2.49. The van der Waals surface area contributed by atoms with Gasteiger partial charge in [0.2, 0.25) is 11.8 Å². The van der Waals surface area contributed by atoms with Crippen molar-refractivity contribution in [1.82, 2.24) is 0 Å². The van der Waals surface area contributed by atoms with Crippen LogP contribution in [0.3, 0.4) is 0 Å². The molecule has 0 saturated heterocycles. The lowest BCUT2D eigenvalue weighted by molar-refractivity contribution is -0.137. The van der Waals surface area contributed by atoms with E-state index in [-0.39, 0.29) is 35.5 Å². The van der Waals surface area contributed by atoms with Gasteiger partial charge in [0.1, 0.15) is 0 Å². The maximum absolute atomic E-state index is 13.0. The van der Waals surface area contributed by atoms with Crippen LogP contribution in [0.4, 0.5) is 30.2 Å². The van der Waals surface area contributed by atoms with E-state index in [9.17, 15) is 22.8 Å². The maximum Gasteiger partial charge on any atom is 0.418 e. The van der Waals surface area contributed by atoms with Crippen LogP contribution in [0.5, 0.6) is 0 Å². The van der Waals surface area contributed by atoms with Gasteiger partial charge in [-0.15, -0.1) is 0 Å². The Morgan fingerprint density at radius 3 is 2.33 bits per heavy atom. The number of halogens is 4. The Bertz CT molecular complexity index is 841. The molecule has 2 rings (SSSR count). The van der Waals surface area contributed by atoms with Gasteiger partial charge in [0, 0.05) is 42.0 Å². The third kappa shape index (κ3) is 6.49. The third-order valence-electron chi connectivity index (χ3n) is 3.42. The predicted octanol–water partition coefficient (Wildman–Crippen LogP) is 4.76. The highest BCUT2D eigenvalue weighted by atomic mass is 35.5. The van der Waals surface area contributed by atoms with Crippen molar-refractivity contribution >= 4 is 40.5 Å². The van der Waals surface area contributed by atoms with Crippen LogP contribution < -0.4 is 16.0 Å². The van der Waals surface area contributed by atoms with Crippen molar-refractivity contribution in [2.75, 3.05) is 22.5 Å². The summed E-state index contributed by atoms with van der Waals surface area (Å²) in [5.74, 6) is -0.629. The number of alkyl halides is 3. The minimum absolute atomic E-state index is 0.00192. The highest BCUT2D eigenvalue weighted by Gasteiger charge is 2.33. The molecular formula is C18H17ClF3N3O2. The monoisotopic (exact) mass is 399 g/mol. The van der Waals surface area contributed by atoms with Crippen LogP contribution >= 0.6 is 11.6 Å². The SMILES string of the molecule is CC(=O)Nc1cccc(NC(=O)CCNc2ccc(Cl)cc2C(F)(F)F)c1. The van der Waals surface area contributed by atoms with E-state index >= 15 is 0 Å². The van der Waals surface area contributed by atoms with E-state index in [0.29, 0.717) is 11.4 Å². The summed E-state index contributed by atoms with van der Waals surface area (Å²) in [5, 5.41) is 7.79. The molecule has 0 aliphatic heterocycles. The zero-order valence-corrected chi connectivity index (χ0v) is 15.0. The zero-order chi connectivity index (χ0) is 20.0. The highest BCUT2D eigenvalue weighted by Crippen LogP contribution is 2.36. The molecule has 0 unspecified atom stereocenters. The van der Waals surface area contributed by atoms with Crippen molar-refractivity contribution in [3.63, 3.8) is 0 Å². The van der Waals surface area contributed by atoms with Crippen LogP contribution in [0.25, 0.3) is 0 Å². The third-order valence-corrected chi connectivity index (χ3v) is 3.66. The highest BCUT2D eigenvalue weighted by molar-refractivity contribution is 6.30. The number of hydrogen-bond donors (Lipinski definition) is 3. The lowest BCUT2D eigenvalue weighted by Gasteiger charge is -2.15. The summed E-state index contributed by atoms with van der Waals surface area (Å²) in [5.41, 5.74) is -0.0473. The number of nitrogens with one attached hydrogen (secondary N) is 3. The van der Waals surface area contributed by atoms with Gasteiger partial charge >= 0.3 is 6.18 Å². The molecule has 144 valence electrons. The van der Waals surface area contributed by atoms with Crippen LogP contribution in [-0.2, 0) is 15.8 Å². The Hall–Kier alpha value is -2.74. The van der Waals surface area contributed by atoms with E-state index in [2.05, 4.69) is 16.0 Å². The fourth-order valence-electron chi connectivity index (χ4n) is 2.32. The first-order valence-corrected chi connectivity index (χ1v) is 8.31. The first-order chi connectivity index (χ1) is 12.6. The molecule has 9 heteroatoms. The van der Waals surface area contributed by atoms with Crippen molar-refractivity contribution in [2.45, 2.75) is 19.5 Å². The second-order valence-corrected chi connectivity index (χ2v) is 6.11. The van der Waals surface area contributed by atoms with E-state index in [1.807, 2.05) is 0 Å². The second-order valence-electron chi connectivity index (χ2n) is 5.67. The smallest absolute Gasteiger partial charge is 0.384 e. The number of carbonyl (C=O) groups is 2. The molecule has 0 bridgehead atoms. The predicted molar refractivity (Wildman–Crippen MR) is 98.9 cm³/mol. The molecule has 0 aliphatic carbocycles. The van der Waals surface area contributed by atoms with Gasteiger partial charge in [0.05, 0.1) is 5.56 Å². The van der Waals surface area contributed by atoms with Crippen molar-refractivity contribution in [1.29, 1.82) is 0 Å². The van der Waals surface area contributed by atoms with Gasteiger partial charge in [-0.2, -0.15) is 13.2 Å². The van der Waals surface area contributed by atoms with Crippen molar-refractivity contribution in [3.05, 3.63) is 53.1 Å². The molecule has 0 radical (unpaired) electrons. The topological polar surface area (TPSA) is 70.2 Å². The molecule has 2 amide bonds. The molecule has 0 atom stereocenters. The lowest BCUT2D eigenvalue weighted by atomic mass is 10.1. The van der Waals surface area contributed by atoms with Gasteiger partial charge < -0.3 is 16.0 Å². The van der Waals surface area contributed by atoms with Gasteiger partial charge in [0.25, 0.3) is 0 Å². The van der Waals surface area contributed by atoms with Crippen LogP contribution in [0.1, 0.15) is 18.9 Å². The van der Waals surface area contributed by atoms with E-state index in [1.54, 1.807) is 24.3 Å². The standard InChI is InChI=1S/C18H17ClF3N3O2/c1-11(26)24-13-3-2-4-14(10-13)25-17(27)7-8-23-16-6-5-12(19)9-15(16)18(20,21)22/h2-6,9-10,23H,7-8H2,1H3,(H,24,26)(H,25,27). The molecular weight excluding hydrogens is 383 g/mol. The van der Waals surface area contributed by atoms with Crippen molar-refractivity contribution < 1.29 is 22.8 Å². The van der Waals surface area contributed by atoms with Crippen molar-refractivity contribution in [3.8, 4) is 0 Å². The molecule has 3 N–H and O–H groups in total. The summed E-state index contributed by atoms with van der Waals surface area (Å²) in [7, 11) is 0. The summed E-state index contributed by atoms with van der Waals surface area (Å²) in [4.78, 5) is 23.0. The minimum Gasteiger partial charge on any atom is -0.384 e. The van der Waals surface area contributed by atoms with Crippen LogP contribution in [0.15, 0.2) is 42.5 Å². The van der Waals surface area contributed by atoms with E-state index in [4.69, 9.17) is 11.6 Å². The molecule has 0 saturated carbocycles. The quantitative estimate of drug-likeness (QED) is 0.656. The maximum atomic E-state index is 13.0. The van der Waals surface area contributed by atoms with E-state index < -0.39 is 11.7 Å². The van der Waals surface area contributed by atoms with Crippen LogP contribution in [-0.4, -0.2) is 18.4 Å². The molecule has 0 aromatic heterocycles. The zero-order valence-electron chi connectivity index (χ0n) is 14.3. The lowest BCUT2D eigenvalue weighted by Crippen LogP contribution is -2.18. The van der Waals surface area contributed by atoms with Crippen molar-refractivity contribution in [2.24, 2.45) is 0 Å². The Balaban J connectivity index is 1.93. The summed E-state index contributed by atoms with van der Waals surface area (Å²) in [6, 6.07) is 9.93. The van der Waals surface area contributed by atoms with Gasteiger partial charge in [-0.3, -0.25) is 9.59 Å². The fraction of sp³-hybridized carbons (Fsp3) is 0.222. The largest absolute Gasteiger partial charge is 0.418 e. The first kappa shape index (κ1) is 20.6. The first-order valence-electron chi connectivity index (χ1n) is 7.93. The van der Waals surface area contributed by atoms with E-state index in [0.717, 1.165) is 6.07 Å². The number of hydrogen-bond acceptors (Lipinski definition) is 3. The van der Waals surface area contributed by atoms with Gasteiger partial charge in [-0.05, 0) is 36.4 Å². The second kappa shape index (κ2) is 8.77. The number of anilines is 3. The average Bonchev–Trinajstić information content (AvgIpc) is 2.55. The molecule has 27 heavy (non-hydrogen) atoms. The Morgan fingerprint density at radius 1 is 1.04 bits per heavy atom. The molecule has 0 fully saturated rings. The molecule has 0 spiro atoms. The summed E-state index contributed by atoms with van der Waals surface area (Å²) in [6.07, 6.45) is -4.61. The number of benzene rings is 2. The van der Waals surface area contributed by atoms with E-state index in [1.165, 1.54) is 19.1 Å². The Kier molecular flexibility index (Phi) is 6.68. The summed E-state index contributed by atoms with van der Waals surface area (Å²) >= 11 is 5.62. The Labute approximate surface area is 158 Å². The normalized spacial score (nSPS) is 11.0. The molecule has 2 aromatic carbocycles. The number of rotatable bonds is 6. The van der Waals surface area contributed by atoms with Gasteiger partial charge in [-0.1, -0.05) is 17.7 Å². The summed E-state index contributed by atoms with van der Waals surface area (Å²) in [6.45, 7) is 1.37.